The molecular formula is C21H15F3O2S. The second-order valence-electron chi connectivity index (χ2n) is 5.73. The summed E-state index contributed by atoms with van der Waals surface area (Å²) in [6.45, 7) is 0. The number of benzene rings is 2. The Bertz CT molecular complexity index is 956. The van der Waals surface area contributed by atoms with E-state index in [0.29, 0.717) is 28.7 Å². The summed E-state index contributed by atoms with van der Waals surface area (Å²) in [4.78, 5) is 12.7. The van der Waals surface area contributed by atoms with Crippen LogP contribution in [0.2, 0.25) is 0 Å². The lowest BCUT2D eigenvalue weighted by atomic mass is 9.99. The van der Waals surface area contributed by atoms with E-state index in [9.17, 15) is 18.0 Å². The molecule has 0 N–H and O–H groups in total. The van der Waals surface area contributed by atoms with E-state index in [4.69, 9.17) is 4.74 Å². The molecule has 0 fully saturated rings. The van der Waals surface area contributed by atoms with Crippen molar-refractivity contribution >= 4 is 29.3 Å². The summed E-state index contributed by atoms with van der Waals surface area (Å²) >= 11 is 1.57. The Morgan fingerprint density at radius 1 is 1.07 bits per heavy atom. The summed E-state index contributed by atoms with van der Waals surface area (Å²) in [6.07, 6.45) is -2.18. The minimum atomic E-state index is -4.39. The lowest BCUT2D eigenvalue weighted by Gasteiger charge is -2.11. The number of carbonyl (C=O) groups is 1. The summed E-state index contributed by atoms with van der Waals surface area (Å²) in [7, 11) is 1.50. The first-order valence-electron chi connectivity index (χ1n) is 7.99. The zero-order chi connectivity index (χ0) is 19.4. The molecular weight excluding hydrogens is 373 g/mol. The van der Waals surface area contributed by atoms with Gasteiger partial charge in [-0.15, -0.1) is 11.3 Å². The largest absolute Gasteiger partial charge is 0.496 e. The van der Waals surface area contributed by atoms with Gasteiger partial charge in [-0.25, -0.2) is 0 Å². The first-order valence-corrected chi connectivity index (χ1v) is 8.87. The predicted octanol–water partition coefficient (Wildman–Crippen LogP) is 6.18. The fourth-order valence-corrected chi connectivity index (χ4v) is 3.38. The third-order valence-corrected chi connectivity index (χ3v) is 4.92. The van der Waals surface area contributed by atoms with Gasteiger partial charge in [0.05, 0.1) is 12.7 Å². The first-order chi connectivity index (χ1) is 12.9. The Hall–Kier alpha value is -2.86. The Morgan fingerprint density at radius 3 is 2.37 bits per heavy atom. The van der Waals surface area contributed by atoms with Gasteiger partial charge < -0.3 is 4.74 Å². The number of hydrogen-bond acceptors (Lipinski definition) is 3. The fraction of sp³-hybridized carbons (Fsp3) is 0.0952. The average Bonchev–Trinajstić information content (AvgIpc) is 3.20. The minimum absolute atomic E-state index is 0.324. The van der Waals surface area contributed by atoms with Crippen LogP contribution in [0.1, 0.15) is 16.7 Å². The third-order valence-electron chi connectivity index (χ3n) is 4.00. The lowest BCUT2D eigenvalue weighted by Crippen LogP contribution is -2.04. The number of rotatable bonds is 5. The third kappa shape index (κ3) is 4.28. The van der Waals surface area contributed by atoms with E-state index >= 15 is 0 Å². The summed E-state index contributed by atoms with van der Waals surface area (Å²) in [5, 5.41) is 1.96. The van der Waals surface area contributed by atoms with E-state index in [-0.39, 0.29) is 0 Å². The van der Waals surface area contributed by atoms with Crippen LogP contribution in [0.4, 0.5) is 13.2 Å². The molecule has 6 heteroatoms. The molecule has 1 aromatic heterocycles. The molecule has 0 bridgehead atoms. The molecule has 0 atom stereocenters. The highest BCUT2D eigenvalue weighted by Gasteiger charge is 2.29. The summed E-state index contributed by atoms with van der Waals surface area (Å²) in [6, 6.07) is 14.1. The van der Waals surface area contributed by atoms with Crippen molar-refractivity contribution in [3.05, 3.63) is 76.7 Å². The van der Waals surface area contributed by atoms with Crippen molar-refractivity contribution in [3.8, 4) is 16.2 Å². The van der Waals surface area contributed by atoms with Gasteiger partial charge in [0.15, 0.2) is 6.29 Å². The molecule has 138 valence electrons. The number of halogens is 3. The maximum Gasteiger partial charge on any atom is 0.416 e. The van der Waals surface area contributed by atoms with Crippen molar-refractivity contribution in [3.63, 3.8) is 0 Å². The van der Waals surface area contributed by atoms with Gasteiger partial charge in [0.1, 0.15) is 5.75 Å². The Kier molecular flexibility index (Phi) is 5.46. The number of alkyl halides is 3. The summed E-state index contributed by atoms with van der Waals surface area (Å²) in [5.74, 6) is 0.514. The van der Waals surface area contributed by atoms with Crippen molar-refractivity contribution in [1.29, 1.82) is 0 Å². The standard InChI is InChI=1S/C21H15F3O2S/c1-26-19-9-6-15(20-3-2-10-27-20)12-18(19)16(13-25)11-14-4-7-17(8-5-14)21(22,23)24/h2-13H,1H3/b16-11-. The van der Waals surface area contributed by atoms with Crippen molar-refractivity contribution in [2.45, 2.75) is 6.18 Å². The van der Waals surface area contributed by atoms with Crippen molar-refractivity contribution in [2.75, 3.05) is 7.11 Å². The molecule has 0 saturated heterocycles. The Morgan fingerprint density at radius 2 is 1.81 bits per heavy atom. The molecule has 2 aromatic carbocycles. The van der Waals surface area contributed by atoms with Gasteiger partial charge in [0.2, 0.25) is 0 Å². The van der Waals surface area contributed by atoms with Crippen molar-refractivity contribution < 1.29 is 22.7 Å². The summed E-state index contributed by atoms with van der Waals surface area (Å²) < 4.78 is 43.5. The van der Waals surface area contributed by atoms with Gasteiger partial charge >= 0.3 is 6.18 Å². The first kappa shape index (κ1) is 18.9. The average molecular weight is 388 g/mol. The molecule has 27 heavy (non-hydrogen) atoms. The monoisotopic (exact) mass is 388 g/mol. The van der Waals surface area contributed by atoms with Crippen LogP contribution in [0.5, 0.6) is 5.75 Å². The van der Waals surface area contributed by atoms with Gasteiger partial charge in [0, 0.05) is 16.0 Å². The number of ether oxygens (including phenoxy) is 1. The molecule has 0 aliphatic rings. The van der Waals surface area contributed by atoms with Crippen LogP contribution >= 0.6 is 11.3 Å². The molecule has 0 amide bonds. The Labute approximate surface area is 158 Å². The van der Waals surface area contributed by atoms with Crippen LogP contribution in [0.3, 0.4) is 0 Å². The van der Waals surface area contributed by atoms with Crippen LogP contribution in [-0.2, 0) is 11.0 Å². The number of allylic oxidation sites excluding steroid dienone is 1. The highest BCUT2D eigenvalue weighted by molar-refractivity contribution is 7.13. The molecule has 3 rings (SSSR count). The number of carbonyl (C=O) groups excluding carboxylic acids is 1. The van der Waals surface area contributed by atoms with Crippen LogP contribution in [-0.4, -0.2) is 13.4 Å². The van der Waals surface area contributed by atoms with Crippen molar-refractivity contribution in [2.24, 2.45) is 0 Å². The van der Waals surface area contributed by atoms with E-state index in [2.05, 4.69) is 0 Å². The van der Waals surface area contributed by atoms with Gasteiger partial charge in [-0.2, -0.15) is 13.2 Å². The molecule has 0 aliphatic carbocycles. The highest BCUT2D eigenvalue weighted by Crippen LogP contribution is 2.34. The normalized spacial score (nSPS) is 12.1. The molecule has 1 heterocycles. The molecule has 2 nitrogen and oxygen atoms in total. The zero-order valence-electron chi connectivity index (χ0n) is 14.3. The number of aldehydes is 1. The Balaban J connectivity index is 2.03. The van der Waals surface area contributed by atoms with Crippen molar-refractivity contribution in [1.82, 2.24) is 0 Å². The van der Waals surface area contributed by atoms with Crippen LogP contribution in [0, 0.1) is 0 Å². The van der Waals surface area contributed by atoms with Gasteiger partial charge in [-0.3, -0.25) is 4.79 Å². The number of hydrogen-bond donors (Lipinski definition) is 0. The molecule has 0 unspecified atom stereocenters. The summed E-state index contributed by atoms with van der Waals surface area (Å²) in [5.41, 5.74) is 1.60. The predicted molar refractivity (Wildman–Crippen MR) is 102 cm³/mol. The van der Waals surface area contributed by atoms with E-state index < -0.39 is 11.7 Å². The van der Waals surface area contributed by atoms with E-state index in [1.54, 1.807) is 23.5 Å². The van der Waals surface area contributed by atoms with E-state index in [1.165, 1.54) is 19.2 Å². The van der Waals surface area contributed by atoms with Gasteiger partial charge in [0.25, 0.3) is 0 Å². The van der Waals surface area contributed by atoms with Gasteiger partial charge in [-0.05, 0) is 59.0 Å². The molecule has 0 radical (unpaired) electrons. The maximum atomic E-state index is 12.7. The topological polar surface area (TPSA) is 26.3 Å². The zero-order valence-corrected chi connectivity index (χ0v) is 15.1. The maximum absolute atomic E-state index is 12.7. The van der Waals surface area contributed by atoms with E-state index in [1.807, 2.05) is 29.6 Å². The van der Waals surface area contributed by atoms with Crippen LogP contribution < -0.4 is 4.74 Å². The molecule has 0 saturated carbocycles. The SMILES string of the molecule is COc1ccc(-c2cccs2)cc1/C(C=O)=C\c1ccc(C(F)(F)F)cc1. The molecule has 0 aliphatic heterocycles. The molecule has 0 spiro atoms. The number of methoxy groups -OCH3 is 1. The lowest BCUT2D eigenvalue weighted by molar-refractivity contribution is -0.137. The quantitative estimate of drug-likeness (QED) is 0.296. The second-order valence-corrected chi connectivity index (χ2v) is 6.68. The molecule has 3 aromatic rings. The van der Waals surface area contributed by atoms with Crippen LogP contribution in [0.25, 0.3) is 22.1 Å². The highest BCUT2D eigenvalue weighted by atomic mass is 32.1. The smallest absolute Gasteiger partial charge is 0.416 e. The fourth-order valence-electron chi connectivity index (χ4n) is 2.65. The van der Waals surface area contributed by atoms with Gasteiger partial charge in [-0.1, -0.05) is 18.2 Å². The second kappa shape index (κ2) is 7.80. The number of thiophene rings is 1. The minimum Gasteiger partial charge on any atom is -0.496 e. The van der Waals surface area contributed by atoms with E-state index in [0.717, 1.165) is 22.6 Å². The van der Waals surface area contributed by atoms with Crippen LogP contribution in [0.15, 0.2) is 60.0 Å².